The summed E-state index contributed by atoms with van der Waals surface area (Å²) in [6.07, 6.45) is 5.82. The molecule has 0 saturated heterocycles. The van der Waals surface area contributed by atoms with E-state index in [-0.39, 0.29) is 6.04 Å². The fourth-order valence-electron chi connectivity index (χ4n) is 2.39. The van der Waals surface area contributed by atoms with E-state index in [4.69, 9.17) is 5.73 Å². The van der Waals surface area contributed by atoms with Crippen molar-refractivity contribution in [3.63, 3.8) is 0 Å². The van der Waals surface area contributed by atoms with Crippen molar-refractivity contribution in [2.45, 2.75) is 45.1 Å². The van der Waals surface area contributed by atoms with Crippen molar-refractivity contribution in [3.05, 3.63) is 47.0 Å². The van der Waals surface area contributed by atoms with Gasteiger partial charge in [-0.3, -0.25) is 0 Å². The van der Waals surface area contributed by atoms with E-state index in [1.54, 1.807) is 0 Å². The van der Waals surface area contributed by atoms with Gasteiger partial charge in [0.1, 0.15) is 0 Å². The minimum absolute atomic E-state index is 0.169. The summed E-state index contributed by atoms with van der Waals surface area (Å²) in [5.74, 6) is 0. The molecular formula is C15H21N. The largest absolute Gasteiger partial charge is 0.324 e. The highest BCUT2D eigenvalue weighted by molar-refractivity contribution is 5.36. The van der Waals surface area contributed by atoms with Crippen LogP contribution in [0.4, 0.5) is 0 Å². The van der Waals surface area contributed by atoms with Crippen molar-refractivity contribution in [1.82, 2.24) is 0 Å². The van der Waals surface area contributed by atoms with Gasteiger partial charge in [-0.15, -0.1) is 6.58 Å². The van der Waals surface area contributed by atoms with Gasteiger partial charge < -0.3 is 5.73 Å². The maximum atomic E-state index is 6.20. The minimum atomic E-state index is 0.169. The molecule has 0 aliphatic heterocycles. The fraction of sp³-hybridized carbons (Fsp3) is 0.467. The zero-order valence-electron chi connectivity index (χ0n) is 10.1. The maximum absolute atomic E-state index is 6.20. The number of benzene rings is 1. The molecule has 0 fully saturated rings. The van der Waals surface area contributed by atoms with Crippen molar-refractivity contribution >= 4 is 0 Å². The molecule has 0 amide bonds. The summed E-state index contributed by atoms with van der Waals surface area (Å²) in [6, 6.07) is 6.94. The Hall–Kier alpha value is -1.08. The molecule has 1 aromatic carbocycles. The molecule has 0 saturated carbocycles. The summed E-state index contributed by atoms with van der Waals surface area (Å²) < 4.78 is 0. The first kappa shape index (κ1) is 11.4. The second-order valence-corrected chi connectivity index (χ2v) is 4.98. The quantitative estimate of drug-likeness (QED) is 0.764. The van der Waals surface area contributed by atoms with Gasteiger partial charge in [0.15, 0.2) is 0 Å². The molecule has 1 atom stereocenters. The van der Waals surface area contributed by atoms with E-state index in [0.717, 1.165) is 12.8 Å². The van der Waals surface area contributed by atoms with Gasteiger partial charge in [0.25, 0.3) is 0 Å². The van der Waals surface area contributed by atoms with Crippen LogP contribution in [0, 0.1) is 0 Å². The molecule has 86 valence electrons. The van der Waals surface area contributed by atoms with E-state index in [2.05, 4.69) is 31.7 Å². The first-order valence-corrected chi connectivity index (χ1v) is 6.18. The molecule has 0 radical (unpaired) electrons. The van der Waals surface area contributed by atoms with Gasteiger partial charge in [-0.25, -0.2) is 0 Å². The molecule has 1 aliphatic rings. The molecule has 16 heavy (non-hydrogen) atoms. The molecule has 1 nitrogen and oxygen atoms in total. The molecule has 1 aromatic rings. The van der Waals surface area contributed by atoms with E-state index < -0.39 is 0 Å². The van der Waals surface area contributed by atoms with Crippen molar-refractivity contribution < 1.29 is 0 Å². The monoisotopic (exact) mass is 215 g/mol. The summed E-state index contributed by atoms with van der Waals surface area (Å²) in [7, 11) is 0. The van der Waals surface area contributed by atoms with Gasteiger partial charge in [0, 0.05) is 6.04 Å². The number of rotatable bonds is 4. The average Bonchev–Trinajstić information content (AvgIpc) is 2.72. The molecule has 1 aliphatic carbocycles. The summed E-state index contributed by atoms with van der Waals surface area (Å²) in [4.78, 5) is 0. The molecule has 1 unspecified atom stereocenters. The van der Waals surface area contributed by atoms with E-state index in [1.165, 1.54) is 41.5 Å². The number of nitrogens with two attached hydrogens (primary N) is 1. The fourth-order valence-corrected chi connectivity index (χ4v) is 2.39. The zero-order chi connectivity index (χ0) is 11.5. The van der Waals surface area contributed by atoms with Gasteiger partial charge in [-0.05, 0) is 55.7 Å². The number of fused-ring (bicyclic) bond motifs is 1. The van der Waals surface area contributed by atoms with Crippen molar-refractivity contribution in [2.75, 3.05) is 0 Å². The minimum Gasteiger partial charge on any atom is -0.324 e. The van der Waals surface area contributed by atoms with Crippen LogP contribution in [0.15, 0.2) is 30.4 Å². The highest BCUT2D eigenvalue weighted by Gasteiger charge is 2.13. The van der Waals surface area contributed by atoms with E-state index >= 15 is 0 Å². The van der Waals surface area contributed by atoms with Gasteiger partial charge in [0.2, 0.25) is 0 Å². The second-order valence-electron chi connectivity index (χ2n) is 4.98. The Balaban J connectivity index is 2.06. The van der Waals surface area contributed by atoms with Gasteiger partial charge in [-0.2, -0.15) is 0 Å². The third kappa shape index (κ3) is 2.53. The Labute approximate surface area is 98.4 Å². The maximum Gasteiger partial charge on any atom is 0.0297 e. The van der Waals surface area contributed by atoms with Crippen molar-refractivity contribution in [3.8, 4) is 0 Å². The molecule has 0 aromatic heterocycles. The van der Waals surface area contributed by atoms with Crippen molar-refractivity contribution in [2.24, 2.45) is 5.73 Å². The van der Waals surface area contributed by atoms with Crippen LogP contribution in [0.25, 0.3) is 0 Å². The van der Waals surface area contributed by atoms with Crippen LogP contribution < -0.4 is 5.73 Å². The molecule has 2 N–H and O–H groups in total. The SMILES string of the molecule is C=C(C)CCC(N)c1ccc2c(c1)CCC2. The third-order valence-corrected chi connectivity index (χ3v) is 3.43. The number of allylic oxidation sites excluding steroid dienone is 1. The van der Waals surface area contributed by atoms with Crippen molar-refractivity contribution in [1.29, 1.82) is 0 Å². The molecular weight excluding hydrogens is 194 g/mol. The topological polar surface area (TPSA) is 26.0 Å². The van der Waals surface area contributed by atoms with E-state index in [0.29, 0.717) is 0 Å². The first-order valence-electron chi connectivity index (χ1n) is 6.18. The second kappa shape index (κ2) is 4.84. The smallest absolute Gasteiger partial charge is 0.0297 e. The van der Waals surface area contributed by atoms with Crippen LogP contribution in [-0.2, 0) is 12.8 Å². The zero-order valence-corrected chi connectivity index (χ0v) is 10.1. The highest BCUT2D eigenvalue weighted by atomic mass is 14.6. The first-order chi connectivity index (χ1) is 7.66. The van der Waals surface area contributed by atoms with E-state index in [9.17, 15) is 0 Å². The lowest BCUT2D eigenvalue weighted by molar-refractivity contribution is 0.648. The van der Waals surface area contributed by atoms with Gasteiger partial charge >= 0.3 is 0 Å². The number of hydrogen-bond donors (Lipinski definition) is 1. The predicted octanol–water partition coefficient (Wildman–Crippen LogP) is 3.53. The lowest BCUT2D eigenvalue weighted by Gasteiger charge is -2.13. The average molecular weight is 215 g/mol. The number of aryl methyl sites for hydroxylation is 2. The lowest BCUT2D eigenvalue weighted by atomic mass is 9.97. The summed E-state index contributed by atoms with van der Waals surface area (Å²) in [5, 5.41) is 0. The van der Waals surface area contributed by atoms with Gasteiger partial charge in [0.05, 0.1) is 0 Å². The Morgan fingerprint density at radius 2 is 2.12 bits per heavy atom. The van der Waals surface area contributed by atoms with Crippen LogP contribution in [0.5, 0.6) is 0 Å². The summed E-state index contributed by atoms with van der Waals surface area (Å²) in [5.41, 5.74) is 11.7. The Morgan fingerprint density at radius 1 is 1.38 bits per heavy atom. The standard InChI is InChI=1S/C15H21N/c1-11(2)6-9-15(16)14-8-7-12-4-3-5-13(12)10-14/h7-8,10,15H,1,3-6,9,16H2,2H3. The highest BCUT2D eigenvalue weighted by Crippen LogP contribution is 2.26. The Bertz CT molecular complexity index is 392. The van der Waals surface area contributed by atoms with Crippen LogP contribution in [0.2, 0.25) is 0 Å². The van der Waals surface area contributed by atoms with Gasteiger partial charge in [-0.1, -0.05) is 23.8 Å². The predicted molar refractivity (Wildman–Crippen MR) is 69.4 cm³/mol. The van der Waals surface area contributed by atoms with E-state index in [1.807, 2.05) is 0 Å². The molecule has 2 rings (SSSR count). The molecule has 0 heterocycles. The van der Waals surface area contributed by atoms with Crippen LogP contribution >= 0.6 is 0 Å². The molecule has 1 heteroatoms. The lowest BCUT2D eigenvalue weighted by Crippen LogP contribution is -2.10. The summed E-state index contributed by atoms with van der Waals surface area (Å²) >= 11 is 0. The summed E-state index contributed by atoms with van der Waals surface area (Å²) in [6.45, 7) is 5.99. The third-order valence-electron chi connectivity index (χ3n) is 3.43. The Morgan fingerprint density at radius 3 is 2.88 bits per heavy atom. The number of hydrogen-bond acceptors (Lipinski definition) is 1. The normalized spacial score (nSPS) is 15.9. The van der Waals surface area contributed by atoms with Crippen LogP contribution in [0.3, 0.4) is 0 Å². The Kier molecular flexibility index (Phi) is 3.45. The van der Waals surface area contributed by atoms with Crippen LogP contribution in [-0.4, -0.2) is 0 Å². The van der Waals surface area contributed by atoms with Crippen LogP contribution in [0.1, 0.15) is 48.9 Å². The molecule has 0 bridgehead atoms. The molecule has 0 spiro atoms.